The first-order valence-corrected chi connectivity index (χ1v) is 13.1. The molecular formula is C32H32F3NO3. The number of esters is 1. The highest BCUT2D eigenvalue weighted by Crippen LogP contribution is 2.34. The molecule has 1 heterocycles. The van der Waals surface area contributed by atoms with E-state index in [-0.39, 0.29) is 0 Å². The predicted molar refractivity (Wildman–Crippen MR) is 146 cm³/mol. The van der Waals surface area contributed by atoms with Gasteiger partial charge in [0, 0.05) is 43.8 Å². The first kappa shape index (κ1) is 28.1. The van der Waals surface area contributed by atoms with Gasteiger partial charge in [0.05, 0.1) is 5.56 Å². The van der Waals surface area contributed by atoms with Crippen LogP contribution in [0.2, 0.25) is 0 Å². The van der Waals surface area contributed by atoms with Crippen LogP contribution in [0.4, 0.5) is 18.9 Å². The molecule has 7 heteroatoms. The van der Waals surface area contributed by atoms with Crippen molar-refractivity contribution in [2.75, 3.05) is 11.4 Å². The Balaban J connectivity index is 1.49. The molecule has 0 saturated heterocycles. The van der Waals surface area contributed by atoms with Crippen LogP contribution in [0.1, 0.15) is 79.1 Å². The smallest absolute Gasteiger partial charge is 0.416 e. The molecule has 0 saturated carbocycles. The van der Waals surface area contributed by atoms with E-state index >= 15 is 0 Å². The topological polar surface area (TPSA) is 38.8 Å². The molecule has 0 aromatic heterocycles. The summed E-state index contributed by atoms with van der Waals surface area (Å²) in [6.07, 6.45) is 0.0937. The predicted octanol–water partition coefficient (Wildman–Crippen LogP) is 7.98. The minimum atomic E-state index is -4.36. The number of cyclic esters (lactones) is 1. The van der Waals surface area contributed by atoms with Gasteiger partial charge in [0.25, 0.3) is 0 Å². The molecule has 0 aliphatic carbocycles. The second-order valence-corrected chi connectivity index (χ2v) is 10.1. The molecule has 0 spiro atoms. The lowest BCUT2D eigenvalue weighted by atomic mass is 10.1. The number of halogens is 3. The van der Waals surface area contributed by atoms with Crippen LogP contribution in [0, 0.1) is 11.8 Å². The molecule has 1 aliphatic rings. The lowest BCUT2D eigenvalue weighted by Gasteiger charge is -2.33. The molecule has 0 bridgehead atoms. The Bertz CT molecular complexity index is 1350. The summed E-state index contributed by atoms with van der Waals surface area (Å²) in [7, 11) is 0. The SMILES string of the molecule is CCCCCCN(Cc1ccc(C#Cc2ccc(C(F)(F)F)cc2)cc1)c1ccc2c(c1)C(=O)OC(C)(C)O2. The molecule has 0 amide bonds. The summed E-state index contributed by atoms with van der Waals surface area (Å²) in [4.78, 5) is 14.9. The molecule has 4 nitrogen and oxygen atoms in total. The van der Waals surface area contributed by atoms with E-state index in [0.29, 0.717) is 23.4 Å². The third kappa shape index (κ3) is 7.57. The van der Waals surface area contributed by atoms with Crippen LogP contribution in [-0.4, -0.2) is 18.3 Å². The van der Waals surface area contributed by atoms with Crippen molar-refractivity contribution in [1.82, 2.24) is 0 Å². The number of nitrogens with zero attached hydrogens (tertiary/aromatic N) is 1. The maximum atomic E-state index is 12.8. The largest absolute Gasteiger partial charge is 0.452 e. The Labute approximate surface area is 227 Å². The summed E-state index contributed by atoms with van der Waals surface area (Å²) < 4.78 is 49.5. The molecular weight excluding hydrogens is 503 g/mol. The molecule has 204 valence electrons. The van der Waals surface area contributed by atoms with Crippen molar-refractivity contribution < 1.29 is 27.4 Å². The van der Waals surface area contributed by atoms with Crippen molar-refractivity contribution in [3.8, 4) is 17.6 Å². The van der Waals surface area contributed by atoms with Gasteiger partial charge in [-0.05, 0) is 66.6 Å². The molecule has 39 heavy (non-hydrogen) atoms. The molecule has 3 aromatic rings. The number of carbonyl (C=O) groups is 1. The number of anilines is 1. The van der Waals surface area contributed by atoms with E-state index in [1.165, 1.54) is 18.6 Å². The highest BCUT2D eigenvalue weighted by molar-refractivity contribution is 5.94. The Hall–Kier alpha value is -3.92. The Kier molecular flexibility index (Phi) is 8.54. The number of carbonyl (C=O) groups excluding carboxylic acids is 1. The van der Waals surface area contributed by atoms with Gasteiger partial charge in [-0.25, -0.2) is 4.79 Å². The van der Waals surface area contributed by atoms with Crippen molar-refractivity contribution in [2.24, 2.45) is 0 Å². The number of ether oxygens (including phenoxy) is 2. The van der Waals surface area contributed by atoms with Crippen LogP contribution >= 0.6 is 0 Å². The molecule has 0 fully saturated rings. The van der Waals surface area contributed by atoms with Gasteiger partial charge in [0.2, 0.25) is 5.79 Å². The summed E-state index contributed by atoms with van der Waals surface area (Å²) in [5.41, 5.74) is 3.00. The normalized spacial score (nSPS) is 13.9. The standard InChI is InChI=1S/C32H32F3NO3/c1-4-5-6-7-20-36(27-18-19-29-28(21-27)30(37)39-31(2,3)38-29)22-25-12-10-23(11-13-25)8-9-24-14-16-26(17-15-24)32(33,34)35/h10-19,21H,4-7,20,22H2,1-3H3. The number of fused-ring (bicyclic) bond motifs is 1. The molecule has 3 aromatic carbocycles. The Morgan fingerprint density at radius 3 is 2.10 bits per heavy atom. The fourth-order valence-corrected chi connectivity index (χ4v) is 4.36. The molecule has 0 N–H and O–H groups in total. The molecule has 0 radical (unpaired) electrons. The van der Waals surface area contributed by atoms with E-state index in [4.69, 9.17) is 9.47 Å². The van der Waals surface area contributed by atoms with Gasteiger partial charge in [-0.15, -0.1) is 0 Å². The lowest BCUT2D eigenvalue weighted by molar-refractivity contribution is -0.137. The van der Waals surface area contributed by atoms with Crippen molar-refractivity contribution in [3.05, 3.63) is 94.5 Å². The lowest BCUT2D eigenvalue weighted by Crippen LogP contribution is -2.39. The zero-order valence-electron chi connectivity index (χ0n) is 22.4. The summed E-state index contributed by atoms with van der Waals surface area (Å²) in [5, 5.41) is 0. The van der Waals surface area contributed by atoms with Crippen molar-refractivity contribution in [2.45, 2.75) is 65.0 Å². The monoisotopic (exact) mass is 535 g/mol. The number of rotatable bonds is 8. The second-order valence-electron chi connectivity index (χ2n) is 10.1. The molecule has 0 unspecified atom stereocenters. The van der Waals surface area contributed by atoms with Crippen molar-refractivity contribution >= 4 is 11.7 Å². The number of hydrogen-bond donors (Lipinski definition) is 0. The molecule has 4 rings (SSSR count). The minimum absolute atomic E-state index is 0.398. The van der Waals surface area contributed by atoms with Gasteiger partial charge >= 0.3 is 12.1 Å². The maximum absolute atomic E-state index is 12.8. The van der Waals surface area contributed by atoms with Crippen LogP contribution < -0.4 is 9.64 Å². The highest BCUT2D eigenvalue weighted by atomic mass is 19.4. The Morgan fingerprint density at radius 2 is 1.49 bits per heavy atom. The number of alkyl halides is 3. The quantitative estimate of drug-likeness (QED) is 0.167. The first-order valence-electron chi connectivity index (χ1n) is 13.1. The zero-order chi connectivity index (χ0) is 28.0. The second kappa shape index (κ2) is 11.9. The van der Waals surface area contributed by atoms with E-state index in [1.807, 2.05) is 42.5 Å². The van der Waals surface area contributed by atoms with Crippen LogP contribution in [0.25, 0.3) is 0 Å². The molecule has 0 atom stereocenters. The number of unbranched alkanes of at least 4 members (excludes halogenated alkanes) is 3. The van der Waals surface area contributed by atoms with E-state index in [1.54, 1.807) is 13.8 Å². The third-order valence-electron chi connectivity index (χ3n) is 6.41. The van der Waals surface area contributed by atoms with Gasteiger partial charge in [-0.3, -0.25) is 0 Å². The van der Waals surface area contributed by atoms with Gasteiger partial charge in [-0.2, -0.15) is 13.2 Å². The highest BCUT2D eigenvalue weighted by Gasteiger charge is 2.34. The average molecular weight is 536 g/mol. The van der Waals surface area contributed by atoms with Gasteiger partial charge in [-0.1, -0.05) is 50.2 Å². The van der Waals surface area contributed by atoms with Crippen LogP contribution in [0.5, 0.6) is 5.75 Å². The van der Waals surface area contributed by atoms with Crippen molar-refractivity contribution in [1.29, 1.82) is 0 Å². The summed E-state index contributed by atoms with van der Waals surface area (Å²) in [6.45, 7) is 7.06. The molecule has 1 aliphatic heterocycles. The van der Waals surface area contributed by atoms with Crippen LogP contribution in [0.3, 0.4) is 0 Å². The van der Waals surface area contributed by atoms with E-state index in [2.05, 4.69) is 23.7 Å². The van der Waals surface area contributed by atoms with Crippen LogP contribution in [0.15, 0.2) is 66.7 Å². The van der Waals surface area contributed by atoms with E-state index in [0.717, 1.165) is 54.8 Å². The van der Waals surface area contributed by atoms with Crippen molar-refractivity contribution in [3.63, 3.8) is 0 Å². The fourth-order valence-electron chi connectivity index (χ4n) is 4.36. The van der Waals surface area contributed by atoms with E-state index < -0.39 is 23.5 Å². The fraction of sp³-hybridized carbons (Fsp3) is 0.344. The van der Waals surface area contributed by atoms with Gasteiger partial charge in [0.1, 0.15) is 11.3 Å². The third-order valence-corrected chi connectivity index (χ3v) is 6.41. The Morgan fingerprint density at radius 1 is 0.846 bits per heavy atom. The first-order chi connectivity index (χ1) is 18.5. The maximum Gasteiger partial charge on any atom is 0.416 e. The zero-order valence-corrected chi connectivity index (χ0v) is 22.4. The summed E-state index contributed by atoms with van der Waals surface area (Å²) in [5.74, 6) is 5.06. The van der Waals surface area contributed by atoms with Gasteiger partial charge < -0.3 is 14.4 Å². The summed E-state index contributed by atoms with van der Waals surface area (Å²) in [6, 6.07) is 18.2. The van der Waals surface area contributed by atoms with Gasteiger partial charge in [0.15, 0.2) is 0 Å². The summed E-state index contributed by atoms with van der Waals surface area (Å²) >= 11 is 0. The average Bonchev–Trinajstić information content (AvgIpc) is 2.89. The number of hydrogen-bond acceptors (Lipinski definition) is 4. The van der Waals surface area contributed by atoms with E-state index in [9.17, 15) is 18.0 Å². The number of benzene rings is 3. The minimum Gasteiger partial charge on any atom is -0.452 e. The van der Waals surface area contributed by atoms with Crippen LogP contribution in [-0.2, 0) is 17.5 Å².